The molecule has 2 aromatic heterocycles. The van der Waals surface area contributed by atoms with Crippen molar-refractivity contribution in [3.05, 3.63) is 41.0 Å². The largest absolute Gasteiger partial charge is 0.312 e. The minimum atomic E-state index is 0.856. The quantitative estimate of drug-likeness (QED) is 0.929. The van der Waals surface area contributed by atoms with Crippen molar-refractivity contribution >= 4 is 0 Å². The number of pyridine rings is 1. The Kier molecular flexibility index (Phi) is 3.74. The lowest BCUT2D eigenvalue weighted by Gasteiger charge is -2.20. The van der Waals surface area contributed by atoms with Crippen LogP contribution in [0.15, 0.2) is 18.5 Å². The first-order valence-electron chi connectivity index (χ1n) is 7.30. The van der Waals surface area contributed by atoms with Gasteiger partial charge in [-0.1, -0.05) is 13.3 Å². The van der Waals surface area contributed by atoms with E-state index >= 15 is 0 Å². The second kappa shape index (κ2) is 5.67. The first kappa shape index (κ1) is 13.2. The van der Waals surface area contributed by atoms with Gasteiger partial charge in [-0.2, -0.15) is 0 Å². The van der Waals surface area contributed by atoms with Crippen LogP contribution >= 0.6 is 0 Å². The standard InChI is InChI=1S/C16H20N4/c1-3-4-14-13-10-18-8-6-15(13)20-16(19-14)12-5-7-17-9-11(12)2/h5,7,9,18H,3-4,6,8,10H2,1-2H3. The number of nitrogens with one attached hydrogen (secondary N) is 1. The van der Waals surface area contributed by atoms with Gasteiger partial charge in [0, 0.05) is 48.7 Å². The van der Waals surface area contributed by atoms with E-state index < -0.39 is 0 Å². The molecule has 2 aromatic rings. The topological polar surface area (TPSA) is 50.7 Å². The molecule has 3 rings (SSSR count). The summed E-state index contributed by atoms with van der Waals surface area (Å²) < 4.78 is 0. The van der Waals surface area contributed by atoms with Gasteiger partial charge in [0.2, 0.25) is 0 Å². The molecule has 4 heteroatoms. The summed E-state index contributed by atoms with van der Waals surface area (Å²) in [5.41, 5.74) is 5.96. The Morgan fingerprint density at radius 2 is 2.20 bits per heavy atom. The molecule has 0 fully saturated rings. The molecule has 0 radical (unpaired) electrons. The highest BCUT2D eigenvalue weighted by Gasteiger charge is 2.18. The SMILES string of the molecule is CCCc1nc(-c2ccncc2C)nc2c1CNCC2. The molecule has 3 heterocycles. The summed E-state index contributed by atoms with van der Waals surface area (Å²) in [5.74, 6) is 0.856. The van der Waals surface area contributed by atoms with Gasteiger partial charge in [0.25, 0.3) is 0 Å². The zero-order valence-electron chi connectivity index (χ0n) is 12.1. The fraction of sp³-hybridized carbons (Fsp3) is 0.438. The molecule has 1 aliphatic heterocycles. The molecule has 1 N–H and O–H groups in total. The maximum absolute atomic E-state index is 4.83. The third-order valence-electron chi connectivity index (χ3n) is 3.77. The van der Waals surface area contributed by atoms with Gasteiger partial charge in [-0.05, 0) is 25.0 Å². The van der Waals surface area contributed by atoms with Crippen molar-refractivity contribution in [2.45, 2.75) is 39.7 Å². The Balaban J connectivity index is 2.13. The number of fused-ring (bicyclic) bond motifs is 1. The first-order valence-corrected chi connectivity index (χ1v) is 7.30. The van der Waals surface area contributed by atoms with Crippen LogP contribution in [0.25, 0.3) is 11.4 Å². The van der Waals surface area contributed by atoms with Crippen LogP contribution in [-0.2, 0) is 19.4 Å². The van der Waals surface area contributed by atoms with Crippen LogP contribution in [-0.4, -0.2) is 21.5 Å². The lowest BCUT2D eigenvalue weighted by molar-refractivity contribution is 0.615. The molecular weight excluding hydrogens is 248 g/mol. The van der Waals surface area contributed by atoms with Gasteiger partial charge in [0.15, 0.2) is 5.82 Å². The van der Waals surface area contributed by atoms with E-state index in [9.17, 15) is 0 Å². The average molecular weight is 268 g/mol. The normalized spacial score (nSPS) is 14.1. The van der Waals surface area contributed by atoms with E-state index in [-0.39, 0.29) is 0 Å². The summed E-state index contributed by atoms with van der Waals surface area (Å²) in [5, 5.41) is 3.42. The van der Waals surface area contributed by atoms with Crippen LogP contribution in [0.5, 0.6) is 0 Å². The maximum Gasteiger partial charge on any atom is 0.160 e. The van der Waals surface area contributed by atoms with Crippen molar-refractivity contribution < 1.29 is 0 Å². The Hall–Kier alpha value is -1.81. The molecule has 0 saturated heterocycles. The van der Waals surface area contributed by atoms with E-state index in [0.717, 1.165) is 49.3 Å². The molecular formula is C16H20N4. The molecule has 0 aliphatic carbocycles. The molecule has 0 amide bonds. The number of rotatable bonds is 3. The number of aryl methyl sites for hydroxylation is 2. The number of hydrogen-bond acceptors (Lipinski definition) is 4. The van der Waals surface area contributed by atoms with Crippen molar-refractivity contribution in [3.63, 3.8) is 0 Å². The highest BCUT2D eigenvalue weighted by Crippen LogP contribution is 2.24. The highest BCUT2D eigenvalue weighted by molar-refractivity contribution is 5.59. The summed E-state index contributed by atoms with van der Waals surface area (Å²) in [7, 11) is 0. The average Bonchev–Trinajstić information content (AvgIpc) is 2.48. The van der Waals surface area contributed by atoms with Gasteiger partial charge in [0.05, 0.1) is 5.69 Å². The van der Waals surface area contributed by atoms with E-state index in [0.29, 0.717) is 0 Å². The number of nitrogens with zero attached hydrogens (tertiary/aromatic N) is 3. The van der Waals surface area contributed by atoms with Crippen molar-refractivity contribution in [2.75, 3.05) is 6.54 Å². The lowest BCUT2D eigenvalue weighted by Crippen LogP contribution is -2.26. The van der Waals surface area contributed by atoms with Crippen LogP contribution in [0.4, 0.5) is 0 Å². The molecule has 4 nitrogen and oxygen atoms in total. The molecule has 104 valence electrons. The van der Waals surface area contributed by atoms with E-state index in [1.165, 1.54) is 17.0 Å². The fourth-order valence-electron chi connectivity index (χ4n) is 2.70. The number of aromatic nitrogens is 3. The monoisotopic (exact) mass is 268 g/mol. The van der Waals surface area contributed by atoms with E-state index in [1.807, 2.05) is 18.5 Å². The predicted molar refractivity (Wildman–Crippen MR) is 79.4 cm³/mol. The Morgan fingerprint density at radius 3 is 3.00 bits per heavy atom. The molecule has 0 unspecified atom stereocenters. The summed E-state index contributed by atoms with van der Waals surface area (Å²) in [6.45, 7) is 6.17. The summed E-state index contributed by atoms with van der Waals surface area (Å²) in [6, 6.07) is 2.01. The smallest absolute Gasteiger partial charge is 0.160 e. The lowest BCUT2D eigenvalue weighted by atomic mass is 10.0. The van der Waals surface area contributed by atoms with Crippen molar-refractivity contribution in [1.82, 2.24) is 20.3 Å². The van der Waals surface area contributed by atoms with Crippen molar-refractivity contribution in [3.8, 4) is 11.4 Å². The predicted octanol–water partition coefficient (Wildman–Crippen LogP) is 2.45. The Labute approximate surface area is 119 Å². The van der Waals surface area contributed by atoms with Gasteiger partial charge < -0.3 is 5.32 Å². The fourth-order valence-corrected chi connectivity index (χ4v) is 2.70. The van der Waals surface area contributed by atoms with Crippen LogP contribution < -0.4 is 5.32 Å². The van der Waals surface area contributed by atoms with Crippen LogP contribution in [0, 0.1) is 6.92 Å². The van der Waals surface area contributed by atoms with Crippen molar-refractivity contribution in [1.29, 1.82) is 0 Å². The summed E-state index contributed by atoms with van der Waals surface area (Å²) >= 11 is 0. The second-order valence-corrected chi connectivity index (χ2v) is 5.29. The molecule has 0 spiro atoms. The molecule has 20 heavy (non-hydrogen) atoms. The van der Waals surface area contributed by atoms with Crippen molar-refractivity contribution in [2.24, 2.45) is 0 Å². The van der Waals surface area contributed by atoms with Crippen LogP contribution in [0.1, 0.15) is 35.9 Å². The van der Waals surface area contributed by atoms with E-state index in [2.05, 4.69) is 24.1 Å². The number of hydrogen-bond donors (Lipinski definition) is 1. The minimum Gasteiger partial charge on any atom is -0.312 e. The molecule has 0 aromatic carbocycles. The van der Waals surface area contributed by atoms with Crippen LogP contribution in [0.2, 0.25) is 0 Å². The van der Waals surface area contributed by atoms with E-state index in [1.54, 1.807) is 0 Å². The molecule has 0 saturated carbocycles. The molecule has 0 bridgehead atoms. The zero-order chi connectivity index (χ0) is 13.9. The van der Waals surface area contributed by atoms with Crippen LogP contribution in [0.3, 0.4) is 0 Å². The summed E-state index contributed by atoms with van der Waals surface area (Å²) in [4.78, 5) is 13.8. The highest BCUT2D eigenvalue weighted by atomic mass is 15.0. The van der Waals surface area contributed by atoms with E-state index in [4.69, 9.17) is 9.97 Å². The molecule has 0 atom stereocenters. The van der Waals surface area contributed by atoms with Gasteiger partial charge in [0.1, 0.15) is 0 Å². The molecule has 1 aliphatic rings. The zero-order valence-corrected chi connectivity index (χ0v) is 12.1. The Morgan fingerprint density at radius 1 is 1.30 bits per heavy atom. The first-order chi connectivity index (χ1) is 9.79. The minimum absolute atomic E-state index is 0.856. The third kappa shape index (κ3) is 2.43. The third-order valence-corrected chi connectivity index (χ3v) is 3.77. The maximum atomic E-state index is 4.83. The Bertz CT molecular complexity index is 622. The van der Waals surface area contributed by atoms with Gasteiger partial charge >= 0.3 is 0 Å². The van der Waals surface area contributed by atoms with Gasteiger partial charge in [-0.15, -0.1) is 0 Å². The van der Waals surface area contributed by atoms with Gasteiger partial charge in [-0.3, -0.25) is 4.98 Å². The van der Waals surface area contributed by atoms with Gasteiger partial charge in [-0.25, -0.2) is 9.97 Å². The second-order valence-electron chi connectivity index (χ2n) is 5.29. The summed E-state index contributed by atoms with van der Waals surface area (Å²) in [6.07, 6.45) is 6.80.